The highest BCUT2D eigenvalue weighted by atomic mass is 16.4. The summed E-state index contributed by atoms with van der Waals surface area (Å²) in [5.74, 6) is -0.564. The summed E-state index contributed by atoms with van der Waals surface area (Å²) < 4.78 is 5.27. The van der Waals surface area contributed by atoms with Gasteiger partial charge in [0.25, 0.3) is 0 Å². The van der Waals surface area contributed by atoms with Crippen LogP contribution in [0.1, 0.15) is 19.5 Å². The van der Waals surface area contributed by atoms with Crippen molar-refractivity contribution in [2.45, 2.75) is 19.3 Å². The van der Waals surface area contributed by atoms with E-state index in [4.69, 9.17) is 9.52 Å². The first-order valence-corrected chi connectivity index (χ1v) is 5.11. The number of carboxylic acids is 1. The Kier molecular flexibility index (Phi) is 2.67. The van der Waals surface area contributed by atoms with Gasteiger partial charge in [-0.15, -0.1) is 0 Å². The molecule has 2 aromatic rings. The van der Waals surface area contributed by atoms with Gasteiger partial charge in [-0.3, -0.25) is 9.78 Å². The molecule has 88 valence electrons. The standard InChI is InChI=1S/C12H12N2O3/c1-12(2,11(15)16)9-7-17-10(14-9)8-4-3-5-13-6-8/h3-7H,1-2H3,(H,15,16). The van der Waals surface area contributed by atoms with Gasteiger partial charge in [-0.2, -0.15) is 0 Å². The van der Waals surface area contributed by atoms with E-state index in [1.807, 2.05) is 0 Å². The maximum atomic E-state index is 11.1. The molecule has 0 aliphatic rings. The molecule has 0 bridgehead atoms. The van der Waals surface area contributed by atoms with E-state index < -0.39 is 11.4 Å². The maximum Gasteiger partial charge on any atom is 0.315 e. The lowest BCUT2D eigenvalue weighted by molar-refractivity contribution is -0.142. The highest BCUT2D eigenvalue weighted by molar-refractivity contribution is 5.79. The van der Waals surface area contributed by atoms with Crippen molar-refractivity contribution in [3.63, 3.8) is 0 Å². The van der Waals surface area contributed by atoms with Crippen LogP contribution in [0.2, 0.25) is 0 Å². The number of hydrogen-bond acceptors (Lipinski definition) is 4. The van der Waals surface area contributed by atoms with Crippen LogP contribution >= 0.6 is 0 Å². The van der Waals surface area contributed by atoms with Crippen molar-refractivity contribution < 1.29 is 14.3 Å². The first-order valence-electron chi connectivity index (χ1n) is 5.11. The molecule has 2 aromatic heterocycles. The Hall–Kier alpha value is -2.17. The molecule has 17 heavy (non-hydrogen) atoms. The lowest BCUT2D eigenvalue weighted by Gasteiger charge is -2.14. The molecule has 5 nitrogen and oxygen atoms in total. The molecule has 0 radical (unpaired) electrons. The fraction of sp³-hybridized carbons (Fsp3) is 0.250. The van der Waals surface area contributed by atoms with Crippen LogP contribution in [-0.2, 0) is 10.2 Å². The number of hydrogen-bond donors (Lipinski definition) is 1. The van der Waals surface area contributed by atoms with E-state index in [0.717, 1.165) is 5.56 Å². The predicted molar refractivity (Wildman–Crippen MR) is 60.4 cm³/mol. The van der Waals surface area contributed by atoms with Gasteiger partial charge in [0.15, 0.2) is 0 Å². The summed E-state index contributed by atoms with van der Waals surface area (Å²) in [6, 6.07) is 3.57. The van der Waals surface area contributed by atoms with Crippen molar-refractivity contribution >= 4 is 5.97 Å². The zero-order valence-corrected chi connectivity index (χ0v) is 9.54. The highest BCUT2D eigenvalue weighted by Gasteiger charge is 2.33. The SMILES string of the molecule is CC(C)(C(=O)O)c1coc(-c2cccnc2)n1. The van der Waals surface area contributed by atoms with Gasteiger partial charge in [0, 0.05) is 12.4 Å². The van der Waals surface area contributed by atoms with Crippen LogP contribution in [0.25, 0.3) is 11.5 Å². The summed E-state index contributed by atoms with van der Waals surface area (Å²) in [4.78, 5) is 19.2. The summed E-state index contributed by atoms with van der Waals surface area (Å²) in [6.07, 6.45) is 4.63. The Bertz CT molecular complexity index is 532. The van der Waals surface area contributed by atoms with Crippen molar-refractivity contribution in [3.05, 3.63) is 36.5 Å². The zero-order chi connectivity index (χ0) is 12.5. The largest absolute Gasteiger partial charge is 0.481 e. The summed E-state index contributed by atoms with van der Waals surface area (Å²) in [5.41, 5.74) is 0.0491. The molecule has 0 amide bonds. The first kappa shape index (κ1) is 11.3. The highest BCUT2D eigenvalue weighted by Crippen LogP contribution is 2.26. The van der Waals surface area contributed by atoms with Crippen LogP contribution in [0.5, 0.6) is 0 Å². The van der Waals surface area contributed by atoms with Crippen molar-refractivity contribution in [1.82, 2.24) is 9.97 Å². The number of aliphatic carboxylic acids is 1. The average Bonchev–Trinajstić information content (AvgIpc) is 2.80. The second-order valence-electron chi connectivity index (χ2n) is 4.21. The van der Waals surface area contributed by atoms with Crippen LogP contribution in [-0.4, -0.2) is 21.0 Å². The number of rotatable bonds is 3. The molecule has 0 saturated heterocycles. The third kappa shape index (κ3) is 2.04. The average molecular weight is 232 g/mol. The Balaban J connectivity index is 2.38. The summed E-state index contributed by atoms with van der Waals surface area (Å²) in [7, 11) is 0. The third-order valence-corrected chi connectivity index (χ3v) is 2.59. The van der Waals surface area contributed by atoms with Gasteiger partial charge < -0.3 is 9.52 Å². The number of oxazole rings is 1. The number of carbonyl (C=O) groups is 1. The van der Waals surface area contributed by atoms with E-state index in [9.17, 15) is 4.79 Å². The fourth-order valence-corrected chi connectivity index (χ4v) is 1.29. The topological polar surface area (TPSA) is 76.2 Å². The number of aromatic nitrogens is 2. The smallest absolute Gasteiger partial charge is 0.315 e. The quantitative estimate of drug-likeness (QED) is 0.876. The molecule has 0 saturated carbocycles. The minimum Gasteiger partial charge on any atom is -0.481 e. The molecular weight excluding hydrogens is 220 g/mol. The molecule has 1 N–H and O–H groups in total. The first-order chi connectivity index (χ1) is 8.01. The Labute approximate surface area is 98.1 Å². The molecule has 5 heteroatoms. The Morgan fingerprint density at radius 1 is 1.47 bits per heavy atom. The number of carboxylic acid groups (broad SMARTS) is 1. The molecule has 0 aliphatic carbocycles. The second kappa shape index (κ2) is 4.01. The summed E-state index contributed by atoms with van der Waals surface area (Å²) >= 11 is 0. The van der Waals surface area contributed by atoms with Gasteiger partial charge in [0.2, 0.25) is 5.89 Å². The monoisotopic (exact) mass is 232 g/mol. The van der Waals surface area contributed by atoms with Gasteiger partial charge >= 0.3 is 5.97 Å². The third-order valence-electron chi connectivity index (χ3n) is 2.59. The van der Waals surface area contributed by atoms with E-state index in [2.05, 4.69) is 9.97 Å². The van der Waals surface area contributed by atoms with Gasteiger partial charge in [-0.05, 0) is 26.0 Å². The second-order valence-corrected chi connectivity index (χ2v) is 4.21. The molecule has 0 aromatic carbocycles. The van der Waals surface area contributed by atoms with Crippen LogP contribution in [0, 0.1) is 0 Å². The number of nitrogens with zero attached hydrogens (tertiary/aromatic N) is 2. The van der Waals surface area contributed by atoms with Crippen molar-refractivity contribution in [2.75, 3.05) is 0 Å². The summed E-state index contributed by atoms with van der Waals surface area (Å²) in [5, 5.41) is 9.08. The molecule has 2 rings (SSSR count). The summed E-state index contributed by atoms with van der Waals surface area (Å²) in [6.45, 7) is 3.17. The van der Waals surface area contributed by atoms with Crippen molar-refractivity contribution in [2.24, 2.45) is 0 Å². The molecule has 0 aliphatic heterocycles. The van der Waals surface area contributed by atoms with Crippen LogP contribution in [0.3, 0.4) is 0 Å². The van der Waals surface area contributed by atoms with E-state index in [1.165, 1.54) is 6.26 Å². The molecule has 0 atom stereocenters. The minimum atomic E-state index is -1.07. The van der Waals surface area contributed by atoms with Crippen LogP contribution in [0.15, 0.2) is 35.2 Å². The van der Waals surface area contributed by atoms with E-state index >= 15 is 0 Å². The van der Waals surface area contributed by atoms with Crippen molar-refractivity contribution in [1.29, 1.82) is 0 Å². The molecule has 2 heterocycles. The zero-order valence-electron chi connectivity index (χ0n) is 9.54. The Morgan fingerprint density at radius 2 is 2.24 bits per heavy atom. The normalized spacial score (nSPS) is 11.4. The van der Waals surface area contributed by atoms with Crippen LogP contribution < -0.4 is 0 Å². The van der Waals surface area contributed by atoms with Gasteiger partial charge in [-0.1, -0.05) is 0 Å². The predicted octanol–water partition coefficient (Wildman–Crippen LogP) is 2.10. The van der Waals surface area contributed by atoms with Crippen LogP contribution in [0.4, 0.5) is 0 Å². The van der Waals surface area contributed by atoms with E-state index in [0.29, 0.717) is 11.6 Å². The molecule has 0 spiro atoms. The van der Waals surface area contributed by atoms with Gasteiger partial charge in [0.1, 0.15) is 11.7 Å². The molecule has 0 fully saturated rings. The molecule has 0 unspecified atom stereocenters. The number of pyridine rings is 1. The lowest BCUT2D eigenvalue weighted by Crippen LogP contribution is -2.28. The van der Waals surface area contributed by atoms with Gasteiger partial charge in [-0.25, -0.2) is 4.98 Å². The van der Waals surface area contributed by atoms with E-state index in [1.54, 1.807) is 38.4 Å². The van der Waals surface area contributed by atoms with Crippen molar-refractivity contribution in [3.8, 4) is 11.5 Å². The molecular formula is C12H12N2O3. The lowest BCUT2D eigenvalue weighted by atomic mass is 9.90. The van der Waals surface area contributed by atoms with E-state index in [-0.39, 0.29) is 0 Å². The van der Waals surface area contributed by atoms with Gasteiger partial charge in [0.05, 0.1) is 11.3 Å². The Morgan fingerprint density at radius 3 is 2.82 bits per heavy atom. The maximum absolute atomic E-state index is 11.1. The fourth-order valence-electron chi connectivity index (χ4n) is 1.29. The minimum absolute atomic E-state index is 0.377.